The summed E-state index contributed by atoms with van der Waals surface area (Å²) in [6, 6.07) is 18.7. The topological polar surface area (TPSA) is 110 Å². The van der Waals surface area contributed by atoms with Crippen LogP contribution in [-0.2, 0) is 11.8 Å². The van der Waals surface area contributed by atoms with Gasteiger partial charge in [0, 0.05) is 41.3 Å². The van der Waals surface area contributed by atoms with Crippen LogP contribution < -0.4 is 9.47 Å². The predicted octanol–water partition coefficient (Wildman–Crippen LogP) is 6.71. The Morgan fingerprint density at radius 1 is 0.951 bits per heavy atom. The molecule has 0 saturated heterocycles. The molecule has 212 valence electrons. The first-order valence-electron chi connectivity index (χ1n) is 13.4. The van der Waals surface area contributed by atoms with Crippen molar-refractivity contribution in [1.29, 1.82) is 0 Å². The van der Waals surface area contributed by atoms with Gasteiger partial charge in [0.05, 0.1) is 30.3 Å². The SMILES string of the molecule is CCOC(=O)c1c(C)n(C)c2ccc(OCCCCOc3ccc(C(=O)C=Cc4cccc([N+](=O)[O-])c4)cc3)cc12. The Bertz CT molecular complexity index is 1590. The van der Waals surface area contributed by atoms with Gasteiger partial charge in [0.15, 0.2) is 5.78 Å². The Balaban J connectivity index is 1.23. The molecule has 1 heterocycles. The summed E-state index contributed by atoms with van der Waals surface area (Å²) in [4.78, 5) is 35.4. The highest BCUT2D eigenvalue weighted by molar-refractivity contribution is 6.07. The number of nitrogens with zero attached hydrogens (tertiary/aromatic N) is 2. The number of benzene rings is 3. The highest BCUT2D eigenvalue weighted by Gasteiger charge is 2.20. The molecule has 0 fully saturated rings. The Hall–Kier alpha value is -4.92. The molecular weight excluding hydrogens is 524 g/mol. The normalized spacial score (nSPS) is 11.1. The van der Waals surface area contributed by atoms with Crippen LogP contribution in [-0.4, -0.2) is 41.1 Å². The van der Waals surface area contributed by atoms with Gasteiger partial charge in [0.1, 0.15) is 11.5 Å². The van der Waals surface area contributed by atoms with Gasteiger partial charge in [-0.05, 0) is 80.8 Å². The largest absolute Gasteiger partial charge is 0.494 e. The van der Waals surface area contributed by atoms with Gasteiger partial charge in [-0.25, -0.2) is 4.79 Å². The molecule has 4 aromatic rings. The standard InChI is InChI=1S/C32H32N2O7/c1-4-39-32(36)31-22(2)33(3)29-16-15-27(21-28(29)31)41-19-6-5-18-40-26-13-11-24(12-14-26)30(35)17-10-23-8-7-9-25(20-23)34(37)38/h7-17,20-21H,4-6,18-19H2,1-3H3. The molecule has 0 amide bonds. The fourth-order valence-corrected chi connectivity index (χ4v) is 4.41. The summed E-state index contributed by atoms with van der Waals surface area (Å²) >= 11 is 0. The fourth-order valence-electron chi connectivity index (χ4n) is 4.41. The number of aryl methyl sites for hydroxylation is 1. The average Bonchev–Trinajstić information content (AvgIpc) is 3.22. The molecule has 9 nitrogen and oxygen atoms in total. The van der Waals surface area contributed by atoms with Gasteiger partial charge in [-0.1, -0.05) is 18.2 Å². The Labute approximate surface area is 238 Å². The lowest BCUT2D eigenvalue weighted by atomic mass is 10.1. The van der Waals surface area contributed by atoms with Crippen molar-refractivity contribution in [2.45, 2.75) is 26.7 Å². The number of non-ortho nitro benzene ring substituents is 1. The minimum absolute atomic E-state index is 0.0268. The maximum atomic E-state index is 12.5. The number of unbranched alkanes of at least 4 members (excludes halogenated alkanes) is 1. The van der Waals surface area contributed by atoms with E-state index in [0.717, 1.165) is 29.4 Å². The number of nitro groups is 1. The second-order valence-corrected chi connectivity index (χ2v) is 9.40. The molecule has 0 bridgehead atoms. The number of aromatic nitrogens is 1. The van der Waals surface area contributed by atoms with Crippen LogP contribution in [0.3, 0.4) is 0 Å². The fraction of sp³-hybridized carbons (Fsp3) is 0.250. The Kier molecular flexibility index (Phi) is 9.52. The van der Waals surface area contributed by atoms with E-state index in [-0.39, 0.29) is 17.4 Å². The van der Waals surface area contributed by atoms with E-state index in [0.29, 0.717) is 48.0 Å². The maximum Gasteiger partial charge on any atom is 0.340 e. The molecule has 0 aliphatic heterocycles. The average molecular weight is 557 g/mol. The van der Waals surface area contributed by atoms with Crippen LogP contribution in [0.1, 0.15) is 51.7 Å². The molecule has 0 radical (unpaired) electrons. The third kappa shape index (κ3) is 7.19. The van der Waals surface area contributed by atoms with E-state index < -0.39 is 4.92 Å². The van der Waals surface area contributed by atoms with Gasteiger partial charge in [-0.2, -0.15) is 0 Å². The monoisotopic (exact) mass is 556 g/mol. The number of esters is 1. The zero-order chi connectivity index (χ0) is 29.4. The Morgan fingerprint density at radius 2 is 1.63 bits per heavy atom. The van der Waals surface area contributed by atoms with Crippen LogP contribution >= 0.6 is 0 Å². The number of rotatable bonds is 13. The third-order valence-electron chi connectivity index (χ3n) is 6.67. The Morgan fingerprint density at radius 3 is 2.32 bits per heavy atom. The minimum atomic E-state index is -0.472. The molecule has 4 rings (SSSR count). The van der Waals surface area contributed by atoms with Gasteiger partial charge in [-0.3, -0.25) is 14.9 Å². The number of carbonyl (C=O) groups excluding carboxylic acids is 2. The summed E-state index contributed by atoms with van der Waals surface area (Å²) in [6.07, 6.45) is 4.49. The van der Waals surface area contributed by atoms with Crippen molar-refractivity contribution >= 4 is 34.4 Å². The first-order chi connectivity index (χ1) is 19.8. The van der Waals surface area contributed by atoms with Crippen molar-refractivity contribution in [3.05, 3.63) is 105 Å². The molecule has 3 aromatic carbocycles. The lowest BCUT2D eigenvalue weighted by Crippen LogP contribution is -2.06. The predicted molar refractivity (Wildman–Crippen MR) is 157 cm³/mol. The third-order valence-corrected chi connectivity index (χ3v) is 6.67. The number of fused-ring (bicyclic) bond motifs is 1. The molecule has 0 aliphatic carbocycles. The van der Waals surface area contributed by atoms with E-state index in [1.807, 2.05) is 36.7 Å². The number of hydrogen-bond donors (Lipinski definition) is 0. The molecular formula is C32H32N2O7. The van der Waals surface area contributed by atoms with Crippen LogP contribution in [0, 0.1) is 17.0 Å². The number of ketones is 1. The summed E-state index contributed by atoms with van der Waals surface area (Å²) in [5.41, 5.74) is 3.40. The van der Waals surface area contributed by atoms with Crippen LogP contribution in [0.15, 0.2) is 72.8 Å². The molecule has 0 unspecified atom stereocenters. The zero-order valence-electron chi connectivity index (χ0n) is 23.3. The van der Waals surface area contributed by atoms with Crippen LogP contribution in [0.25, 0.3) is 17.0 Å². The van der Waals surface area contributed by atoms with Gasteiger partial charge >= 0.3 is 5.97 Å². The molecule has 1 aromatic heterocycles. The summed E-state index contributed by atoms with van der Waals surface area (Å²) < 4.78 is 18.9. The van der Waals surface area contributed by atoms with Crippen molar-refractivity contribution in [3.8, 4) is 11.5 Å². The highest BCUT2D eigenvalue weighted by Crippen LogP contribution is 2.29. The van der Waals surface area contributed by atoms with Crippen LogP contribution in [0.4, 0.5) is 5.69 Å². The first kappa shape index (κ1) is 29.1. The summed E-state index contributed by atoms with van der Waals surface area (Å²) in [5.74, 6) is 0.800. The first-order valence-corrected chi connectivity index (χ1v) is 13.4. The van der Waals surface area contributed by atoms with E-state index >= 15 is 0 Å². The van der Waals surface area contributed by atoms with Crippen LogP contribution in [0.5, 0.6) is 11.5 Å². The van der Waals surface area contributed by atoms with Crippen molar-refractivity contribution in [3.63, 3.8) is 0 Å². The highest BCUT2D eigenvalue weighted by atomic mass is 16.6. The van der Waals surface area contributed by atoms with Crippen molar-refractivity contribution in [2.24, 2.45) is 7.05 Å². The maximum absolute atomic E-state index is 12.5. The van der Waals surface area contributed by atoms with Crippen molar-refractivity contribution in [1.82, 2.24) is 4.57 Å². The lowest BCUT2D eigenvalue weighted by Gasteiger charge is -2.09. The van der Waals surface area contributed by atoms with E-state index in [1.54, 1.807) is 49.4 Å². The quantitative estimate of drug-likeness (QED) is 0.0450. The second-order valence-electron chi connectivity index (χ2n) is 9.40. The second kappa shape index (κ2) is 13.4. The smallest absolute Gasteiger partial charge is 0.340 e. The van der Waals surface area contributed by atoms with Gasteiger partial charge in [0.25, 0.3) is 5.69 Å². The molecule has 0 aliphatic rings. The van der Waals surface area contributed by atoms with Crippen LogP contribution in [0.2, 0.25) is 0 Å². The van der Waals surface area contributed by atoms with E-state index in [9.17, 15) is 19.7 Å². The van der Waals surface area contributed by atoms with E-state index in [1.165, 1.54) is 18.2 Å². The molecule has 0 spiro atoms. The van der Waals surface area contributed by atoms with Gasteiger partial charge in [-0.15, -0.1) is 0 Å². The van der Waals surface area contributed by atoms with E-state index in [4.69, 9.17) is 14.2 Å². The molecule has 9 heteroatoms. The zero-order valence-corrected chi connectivity index (χ0v) is 23.3. The van der Waals surface area contributed by atoms with E-state index in [2.05, 4.69) is 0 Å². The molecule has 0 saturated carbocycles. The summed E-state index contributed by atoms with van der Waals surface area (Å²) in [5, 5.41) is 11.7. The number of allylic oxidation sites excluding steroid dienone is 1. The minimum Gasteiger partial charge on any atom is -0.494 e. The molecule has 0 N–H and O–H groups in total. The number of ether oxygens (including phenoxy) is 3. The van der Waals surface area contributed by atoms with Gasteiger partial charge in [0.2, 0.25) is 0 Å². The number of hydrogen-bond acceptors (Lipinski definition) is 7. The number of carbonyl (C=O) groups is 2. The number of nitro benzene ring substituents is 1. The lowest BCUT2D eigenvalue weighted by molar-refractivity contribution is -0.384. The van der Waals surface area contributed by atoms with Gasteiger partial charge < -0.3 is 18.8 Å². The van der Waals surface area contributed by atoms with Crippen molar-refractivity contribution in [2.75, 3.05) is 19.8 Å². The summed E-state index contributed by atoms with van der Waals surface area (Å²) in [7, 11) is 1.92. The van der Waals surface area contributed by atoms with Crippen molar-refractivity contribution < 1.29 is 28.7 Å². The summed E-state index contributed by atoms with van der Waals surface area (Å²) in [6.45, 7) is 5.00. The molecule has 41 heavy (non-hydrogen) atoms. The molecule has 0 atom stereocenters.